The number of amides is 2. The van der Waals surface area contributed by atoms with E-state index in [9.17, 15) is 9.59 Å². The van der Waals surface area contributed by atoms with Crippen LogP contribution >= 0.6 is 0 Å². The van der Waals surface area contributed by atoms with E-state index in [0.29, 0.717) is 23.7 Å². The summed E-state index contributed by atoms with van der Waals surface area (Å²) in [5.41, 5.74) is 2.98. The van der Waals surface area contributed by atoms with Crippen LogP contribution in [0.1, 0.15) is 11.3 Å². The Morgan fingerprint density at radius 3 is 2.16 bits per heavy atom. The molecule has 162 valence electrons. The molecule has 0 saturated heterocycles. The molecule has 7 heteroatoms. The molecule has 7 nitrogen and oxygen atoms in total. The zero-order valence-electron chi connectivity index (χ0n) is 17.9. The van der Waals surface area contributed by atoms with Crippen LogP contribution in [0.2, 0.25) is 0 Å². The van der Waals surface area contributed by atoms with Gasteiger partial charge in [-0.2, -0.15) is 0 Å². The molecule has 0 saturated carbocycles. The first-order valence-electron chi connectivity index (χ1n) is 10.2. The van der Waals surface area contributed by atoms with Crippen molar-refractivity contribution in [3.63, 3.8) is 0 Å². The van der Waals surface area contributed by atoms with Crippen molar-refractivity contribution >= 4 is 17.4 Å². The highest BCUT2D eigenvalue weighted by Crippen LogP contribution is 2.18. The zero-order valence-corrected chi connectivity index (χ0v) is 17.9. The highest BCUT2D eigenvalue weighted by molar-refractivity contribution is 6.00. The summed E-state index contributed by atoms with van der Waals surface area (Å²) in [7, 11) is 1.78. The van der Waals surface area contributed by atoms with E-state index < -0.39 is 6.03 Å². The first-order valence-corrected chi connectivity index (χ1v) is 10.2. The number of aromatic nitrogens is 2. The second kappa shape index (κ2) is 9.26. The van der Waals surface area contributed by atoms with Crippen molar-refractivity contribution in [2.75, 3.05) is 10.6 Å². The van der Waals surface area contributed by atoms with Crippen LogP contribution in [-0.4, -0.2) is 15.4 Å². The van der Waals surface area contributed by atoms with Gasteiger partial charge in [-0.05, 0) is 48.9 Å². The molecular formula is C25H24N4O3. The molecule has 0 atom stereocenters. The monoisotopic (exact) mass is 428 g/mol. The minimum absolute atomic E-state index is 0.233. The average Bonchev–Trinajstić information content (AvgIpc) is 3.03. The van der Waals surface area contributed by atoms with E-state index in [-0.39, 0.29) is 11.2 Å². The molecule has 2 amide bonds. The lowest BCUT2D eigenvalue weighted by atomic mass is 10.2. The van der Waals surface area contributed by atoms with Crippen molar-refractivity contribution in [2.45, 2.75) is 13.5 Å². The highest BCUT2D eigenvalue weighted by Gasteiger charge is 2.18. The molecule has 0 unspecified atom stereocenters. The molecule has 4 aromatic rings. The van der Waals surface area contributed by atoms with Crippen LogP contribution < -0.4 is 20.9 Å². The van der Waals surface area contributed by atoms with Crippen molar-refractivity contribution in [3.8, 4) is 11.4 Å². The topological polar surface area (TPSA) is 77.3 Å². The Kier molecular flexibility index (Phi) is 6.07. The van der Waals surface area contributed by atoms with Gasteiger partial charge in [-0.25, -0.2) is 9.48 Å². The molecule has 0 aliphatic heterocycles. The van der Waals surface area contributed by atoms with Crippen LogP contribution in [0.15, 0.2) is 89.7 Å². The fourth-order valence-electron chi connectivity index (χ4n) is 3.36. The van der Waals surface area contributed by atoms with Gasteiger partial charge in [0.15, 0.2) is 0 Å². The number of para-hydroxylation sites is 1. The number of rotatable bonds is 6. The maximum atomic E-state index is 12.9. The highest BCUT2D eigenvalue weighted by atomic mass is 16.5. The van der Waals surface area contributed by atoms with Crippen molar-refractivity contribution < 1.29 is 9.53 Å². The van der Waals surface area contributed by atoms with Gasteiger partial charge in [0.2, 0.25) is 0 Å². The number of nitrogens with one attached hydrogen (secondary N) is 2. The SMILES string of the molecule is Cc1c(NC(=O)Nc2ccc(OCc3ccccc3)cc2)c(=O)n(-c2ccccc2)n1C. The third-order valence-corrected chi connectivity index (χ3v) is 5.15. The van der Waals surface area contributed by atoms with Crippen molar-refractivity contribution in [1.29, 1.82) is 0 Å². The Bertz CT molecular complexity index is 1260. The van der Waals surface area contributed by atoms with E-state index in [0.717, 1.165) is 11.3 Å². The van der Waals surface area contributed by atoms with Gasteiger partial charge in [0.25, 0.3) is 5.56 Å². The van der Waals surface area contributed by atoms with E-state index in [2.05, 4.69) is 10.6 Å². The molecule has 4 rings (SSSR count). The Morgan fingerprint density at radius 1 is 0.875 bits per heavy atom. The van der Waals surface area contributed by atoms with Crippen LogP contribution in [0.5, 0.6) is 5.75 Å². The summed E-state index contributed by atoms with van der Waals surface area (Å²) in [5.74, 6) is 0.699. The molecule has 0 fully saturated rings. The number of hydrogen-bond acceptors (Lipinski definition) is 3. The molecule has 0 aliphatic carbocycles. The van der Waals surface area contributed by atoms with E-state index in [1.54, 1.807) is 42.9 Å². The normalized spacial score (nSPS) is 10.6. The van der Waals surface area contributed by atoms with Gasteiger partial charge in [0.05, 0.1) is 11.4 Å². The van der Waals surface area contributed by atoms with Crippen molar-refractivity contribution in [2.24, 2.45) is 7.05 Å². The lowest BCUT2D eigenvalue weighted by molar-refractivity contribution is 0.262. The maximum absolute atomic E-state index is 12.9. The maximum Gasteiger partial charge on any atom is 0.323 e. The lowest BCUT2D eigenvalue weighted by Gasteiger charge is -2.09. The number of hydrogen-bond donors (Lipinski definition) is 2. The zero-order chi connectivity index (χ0) is 22.5. The predicted octanol–water partition coefficient (Wildman–Crippen LogP) is 4.71. The van der Waals surface area contributed by atoms with Crippen LogP contribution in [0.4, 0.5) is 16.2 Å². The van der Waals surface area contributed by atoms with Crippen LogP contribution in [-0.2, 0) is 13.7 Å². The largest absolute Gasteiger partial charge is 0.489 e. The number of ether oxygens (including phenoxy) is 1. The van der Waals surface area contributed by atoms with Gasteiger partial charge in [-0.15, -0.1) is 0 Å². The average molecular weight is 428 g/mol. The van der Waals surface area contributed by atoms with Crippen molar-refractivity contribution in [1.82, 2.24) is 9.36 Å². The third kappa shape index (κ3) is 4.57. The van der Waals surface area contributed by atoms with E-state index in [1.807, 2.05) is 60.7 Å². The number of nitrogens with zero attached hydrogens (tertiary/aromatic N) is 2. The second-order valence-corrected chi connectivity index (χ2v) is 7.31. The van der Waals surface area contributed by atoms with E-state index >= 15 is 0 Å². The predicted molar refractivity (Wildman–Crippen MR) is 126 cm³/mol. The summed E-state index contributed by atoms with van der Waals surface area (Å²) >= 11 is 0. The van der Waals surface area contributed by atoms with E-state index in [4.69, 9.17) is 4.74 Å². The fourth-order valence-corrected chi connectivity index (χ4v) is 3.36. The smallest absolute Gasteiger partial charge is 0.323 e. The van der Waals surface area contributed by atoms with Gasteiger partial charge in [0, 0.05) is 12.7 Å². The Hall–Kier alpha value is -4.26. The first-order chi connectivity index (χ1) is 15.5. The van der Waals surface area contributed by atoms with Gasteiger partial charge in [-0.3, -0.25) is 9.48 Å². The van der Waals surface area contributed by atoms with Crippen LogP contribution in [0, 0.1) is 6.92 Å². The number of urea groups is 1. The van der Waals surface area contributed by atoms with Gasteiger partial charge < -0.3 is 15.4 Å². The molecular weight excluding hydrogens is 404 g/mol. The van der Waals surface area contributed by atoms with Crippen molar-refractivity contribution in [3.05, 3.63) is 107 Å². The Labute approximate surface area is 185 Å². The molecule has 0 aliphatic rings. The molecule has 0 bridgehead atoms. The van der Waals surface area contributed by atoms with Gasteiger partial charge >= 0.3 is 6.03 Å². The van der Waals surface area contributed by atoms with Gasteiger partial charge in [-0.1, -0.05) is 48.5 Å². The standard InChI is InChI=1S/C25H24N4O3/c1-18-23(24(30)29(28(18)2)21-11-7-4-8-12-21)27-25(31)26-20-13-15-22(16-14-20)32-17-19-9-5-3-6-10-19/h3-16H,17H2,1-2H3,(H2,26,27,31). The second-order valence-electron chi connectivity index (χ2n) is 7.31. The number of benzene rings is 3. The fraction of sp³-hybridized carbons (Fsp3) is 0.120. The summed E-state index contributed by atoms with van der Waals surface area (Å²) in [4.78, 5) is 25.4. The molecule has 2 N–H and O–H groups in total. The molecule has 3 aromatic carbocycles. The summed E-state index contributed by atoms with van der Waals surface area (Å²) in [5, 5.41) is 5.44. The first kappa shape index (κ1) is 21.0. The summed E-state index contributed by atoms with van der Waals surface area (Å²) in [6.45, 7) is 2.25. The number of carbonyl (C=O) groups is 1. The summed E-state index contributed by atoms with van der Waals surface area (Å²) < 4.78 is 8.99. The molecule has 1 heterocycles. The molecule has 1 aromatic heterocycles. The minimum atomic E-state index is -0.492. The summed E-state index contributed by atoms with van der Waals surface area (Å²) in [6, 6.07) is 25.7. The van der Waals surface area contributed by atoms with Crippen LogP contribution in [0.25, 0.3) is 5.69 Å². The third-order valence-electron chi connectivity index (χ3n) is 5.15. The molecule has 32 heavy (non-hydrogen) atoms. The van der Waals surface area contributed by atoms with Gasteiger partial charge in [0.1, 0.15) is 18.0 Å². The molecule has 0 radical (unpaired) electrons. The Morgan fingerprint density at radius 2 is 1.50 bits per heavy atom. The molecule has 0 spiro atoms. The summed E-state index contributed by atoms with van der Waals surface area (Å²) in [6.07, 6.45) is 0. The minimum Gasteiger partial charge on any atom is -0.489 e. The Balaban J connectivity index is 1.41. The van der Waals surface area contributed by atoms with E-state index in [1.165, 1.54) is 4.68 Å². The number of carbonyl (C=O) groups excluding carboxylic acids is 1. The lowest BCUT2D eigenvalue weighted by Crippen LogP contribution is -2.25. The number of anilines is 2. The van der Waals surface area contributed by atoms with Crippen LogP contribution in [0.3, 0.4) is 0 Å². The quantitative estimate of drug-likeness (QED) is 0.467.